The molecule has 4 heterocycles. The number of anilines is 1. The number of carbonyl (C=O) groups excluding carboxylic acids is 2. The maximum absolute atomic E-state index is 13.3. The van der Waals surface area contributed by atoms with Crippen LogP contribution in [0.1, 0.15) is 41.2 Å². The number of likely N-dealkylation sites (tertiary alicyclic amines) is 1. The summed E-state index contributed by atoms with van der Waals surface area (Å²) in [7, 11) is 3.96. The molecule has 1 unspecified atom stereocenters. The molecule has 37 heavy (non-hydrogen) atoms. The number of benzene rings is 1. The molecule has 4 aromatic rings. The zero-order valence-corrected chi connectivity index (χ0v) is 21.6. The summed E-state index contributed by atoms with van der Waals surface area (Å²) < 4.78 is 3.99. The van der Waals surface area contributed by atoms with Crippen molar-refractivity contribution in [2.75, 3.05) is 39.0 Å². The van der Waals surface area contributed by atoms with Gasteiger partial charge in [0, 0.05) is 37.5 Å². The van der Waals surface area contributed by atoms with Gasteiger partial charge in [0.15, 0.2) is 0 Å². The van der Waals surface area contributed by atoms with Crippen LogP contribution >= 0.6 is 0 Å². The number of para-hydroxylation sites is 1. The summed E-state index contributed by atoms with van der Waals surface area (Å²) in [5.41, 5.74) is 4.28. The van der Waals surface area contributed by atoms with E-state index in [0.29, 0.717) is 18.1 Å². The van der Waals surface area contributed by atoms with Crippen LogP contribution in [0.2, 0.25) is 0 Å². The van der Waals surface area contributed by atoms with Crippen LogP contribution < -0.4 is 5.32 Å². The molecule has 0 bridgehead atoms. The maximum atomic E-state index is 13.3. The van der Waals surface area contributed by atoms with Gasteiger partial charge in [-0.2, -0.15) is 0 Å². The van der Waals surface area contributed by atoms with Crippen molar-refractivity contribution in [2.24, 2.45) is 0 Å². The lowest BCUT2D eigenvalue weighted by Gasteiger charge is -2.26. The van der Waals surface area contributed by atoms with Gasteiger partial charge in [-0.25, -0.2) is 9.97 Å². The number of rotatable bonds is 6. The summed E-state index contributed by atoms with van der Waals surface area (Å²) in [6.07, 6.45) is 11.7. The molecule has 192 valence electrons. The van der Waals surface area contributed by atoms with E-state index in [9.17, 15) is 9.59 Å². The van der Waals surface area contributed by atoms with Gasteiger partial charge in [-0.15, -0.1) is 0 Å². The van der Waals surface area contributed by atoms with Crippen LogP contribution in [0.15, 0.2) is 61.2 Å². The van der Waals surface area contributed by atoms with Gasteiger partial charge in [-0.05, 0) is 64.0 Å². The number of pyridine rings is 1. The largest absolute Gasteiger partial charge is 0.337 e. The van der Waals surface area contributed by atoms with Crippen molar-refractivity contribution in [2.45, 2.75) is 32.2 Å². The molecule has 1 aliphatic rings. The molecule has 1 N–H and O–H groups in total. The van der Waals surface area contributed by atoms with E-state index >= 15 is 0 Å². The molecule has 9 nitrogen and oxygen atoms in total. The number of carbonyl (C=O) groups is 2. The van der Waals surface area contributed by atoms with E-state index in [1.165, 1.54) is 0 Å². The molecule has 0 radical (unpaired) electrons. The van der Waals surface area contributed by atoms with Gasteiger partial charge < -0.3 is 18.8 Å². The minimum atomic E-state index is -0.230. The first-order valence-corrected chi connectivity index (χ1v) is 12.7. The Kier molecular flexibility index (Phi) is 7.05. The highest BCUT2D eigenvalue weighted by atomic mass is 16.2. The lowest BCUT2D eigenvalue weighted by molar-refractivity contribution is -0.126. The number of hydrogen-bond acceptors (Lipinski definition) is 5. The molecule has 1 saturated heterocycles. The van der Waals surface area contributed by atoms with Crippen molar-refractivity contribution < 1.29 is 9.59 Å². The minimum absolute atomic E-state index is 0.00703. The number of imidazole rings is 2. The first-order valence-electron chi connectivity index (χ1n) is 12.7. The summed E-state index contributed by atoms with van der Waals surface area (Å²) in [5, 5.41) is 3.07. The van der Waals surface area contributed by atoms with E-state index in [0.717, 1.165) is 54.5 Å². The molecule has 1 aliphatic heterocycles. The second kappa shape index (κ2) is 10.6. The van der Waals surface area contributed by atoms with Crippen molar-refractivity contribution in [1.29, 1.82) is 0 Å². The van der Waals surface area contributed by atoms with Gasteiger partial charge >= 0.3 is 0 Å². The molecular weight excluding hydrogens is 466 g/mol. The Bertz CT molecular complexity index is 1470. The lowest BCUT2D eigenvalue weighted by Crippen LogP contribution is -2.35. The predicted octanol–water partition coefficient (Wildman–Crippen LogP) is 3.92. The Morgan fingerprint density at radius 1 is 1.22 bits per heavy atom. The number of nitrogens with one attached hydrogen (secondary N) is 1. The van der Waals surface area contributed by atoms with Gasteiger partial charge in [0.2, 0.25) is 11.9 Å². The summed E-state index contributed by atoms with van der Waals surface area (Å²) in [6, 6.07) is 9.58. The van der Waals surface area contributed by atoms with E-state index in [2.05, 4.69) is 27.9 Å². The van der Waals surface area contributed by atoms with Gasteiger partial charge in [-0.3, -0.25) is 14.9 Å². The number of amides is 2. The van der Waals surface area contributed by atoms with Crippen molar-refractivity contribution in [1.82, 2.24) is 28.7 Å². The van der Waals surface area contributed by atoms with Crippen LogP contribution in [0.3, 0.4) is 0 Å². The van der Waals surface area contributed by atoms with Crippen molar-refractivity contribution >= 4 is 34.3 Å². The zero-order chi connectivity index (χ0) is 25.9. The fourth-order valence-corrected chi connectivity index (χ4v) is 5.00. The van der Waals surface area contributed by atoms with E-state index in [1.807, 2.05) is 58.8 Å². The highest BCUT2D eigenvalue weighted by Gasteiger charge is 2.27. The third-order valence-corrected chi connectivity index (χ3v) is 6.87. The molecule has 9 heteroatoms. The molecule has 3 aromatic heterocycles. The molecular formula is C28H33N7O2. The van der Waals surface area contributed by atoms with Gasteiger partial charge in [0.1, 0.15) is 0 Å². The second-order valence-electron chi connectivity index (χ2n) is 9.94. The summed E-state index contributed by atoms with van der Waals surface area (Å²) >= 11 is 0. The van der Waals surface area contributed by atoms with Crippen molar-refractivity contribution in [3.8, 4) is 0 Å². The second-order valence-corrected chi connectivity index (χ2v) is 9.94. The Labute approximate surface area is 216 Å². The molecule has 5 rings (SSSR count). The Hall–Kier alpha value is -3.98. The van der Waals surface area contributed by atoms with Crippen LogP contribution in [-0.4, -0.2) is 74.3 Å². The maximum Gasteiger partial charge on any atom is 0.258 e. The predicted molar refractivity (Wildman–Crippen MR) is 145 cm³/mol. The standard InChI is InChI=1S/C28H33N7O2/c1-20-8-6-10-24-26(20)35(22-9-4-5-14-33(18-22)25(36)11-7-13-32(2)3)28(30-24)31-27(37)21-12-15-34-19-29-17-23(34)16-21/h6-8,10-12,15-17,19,22H,4-5,9,13-14,18H2,1-3H3,(H,30,31,37)/b11-7+. The Morgan fingerprint density at radius 3 is 2.92 bits per heavy atom. The van der Waals surface area contributed by atoms with Crippen molar-refractivity contribution in [3.05, 3.63) is 72.3 Å². The van der Waals surface area contributed by atoms with Crippen LogP contribution in [0.25, 0.3) is 16.6 Å². The number of hydrogen-bond donors (Lipinski definition) is 1. The number of nitrogens with zero attached hydrogens (tertiary/aromatic N) is 6. The average molecular weight is 500 g/mol. The van der Waals surface area contributed by atoms with Crippen LogP contribution in [-0.2, 0) is 4.79 Å². The molecule has 0 spiro atoms. The summed E-state index contributed by atoms with van der Waals surface area (Å²) in [6.45, 7) is 4.06. The van der Waals surface area contributed by atoms with E-state index < -0.39 is 0 Å². The number of likely N-dealkylation sites (N-methyl/N-ethyl adjacent to an activating group) is 1. The van der Waals surface area contributed by atoms with E-state index in [-0.39, 0.29) is 17.9 Å². The summed E-state index contributed by atoms with van der Waals surface area (Å²) in [4.78, 5) is 39.3. The van der Waals surface area contributed by atoms with Gasteiger partial charge in [0.25, 0.3) is 5.91 Å². The van der Waals surface area contributed by atoms with Crippen LogP contribution in [0, 0.1) is 6.92 Å². The monoisotopic (exact) mass is 499 g/mol. The smallest absolute Gasteiger partial charge is 0.258 e. The zero-order valence-electron chi connectivity index (χ0n) is 21.6. The molecule has 0 saturated carbocycles. The third kappa shape index (κ3) is 5.27. The molecule has 1 aromatic carbocycles. The third-order valence-electron chi connectivity index (χ3n) is 6.87. The van der Waals surface area contributed by atoms with Gasteiger partial charge in [-0.1, -0.05) is 18.2 Å². The number of fused-ring (bicyclic) bond motifs is 2. The first-order chi connectivity index (χ1) is 17.9. The van der Waals surface area contributed by atoms with Crippen LogP contribution in [0.5, 0.6) is 0 Å². The first kappa shape index (κ1) is 24.7. The number of aryl methyl sites for hydroxylation is 1. The number of aromatic nitrogens is 4. The lowest BCUT2D eigenvalue weighted by atomic mass is 10.1. The topological polar surface area (TPSA) is 87.8 Å². The highest BCUT2D eigenvalue weighted by molar-refractivity contribution is 6.04. The molecule has 2 amide bonds. The van der Waals surface area contributed by atoms with Crippen molar-refractivity contribution in [3.63, 3.8) is 0 Å². The normalized spacial score (nSPS) is 16.6. The summed E-state index contributed by atoms with van der Waals surface area (Å²) in [5.74, 6) is 0.297. The van der Waals surface area contributed by atoms with E-state index in [4.69, 9.17) is 4.98 Å². The van der Waals surface area contributed by atoms with E-state index in [1.54, 1.807) is 24.7 Å². The minimum Gasteiger partial charge on any atom is -0.337 e. The molecule has 1 atom stereocenters. The molecule has 1 fully saturated rings. The van der Waals surface area contributed by atoms with Crippen LogP contribution in [0.4, 0.5) is 5.95 Å². The molecule has 0 aliphatic carbocycles. The van der Waals surface area contributed by atoms with Gasteiger partial charge in [0.05, 0.1) is 35.1 Å². The quantitative estimate of drug-likeness (QED) is 0.407. The Balaban J connectivity index is 1.47. The average Bonchev–Trinajstić information content (AvgIpc) is 3.40. The SMILES string of the molecule is Cc1cccc2nc(NC(=O)c3ccn4cncc4c3)n(C3CCCCN(C(=O)/C=C/CN(C)C)C3)c12. The highest BCUT2D eigenvalue weighted by Crippen LogP contribution is 2.32. The Morgan fingerprint density at radius 2 is 2.08 bits per heavy atom. The fraction of sp³-hybridized carbons (Fsp3) is 0.357. The fourth-order valence-electron chi connectivity index (χ4n) is 5.00.